The van der Waals surface area contributed by atoms with Gasteiger partial charge in [-0.3, -0.25) is 14.4 Å². The summed E-state index contributed by atoms with van der Waals surface area (Å²) in [6.45, 7) is 5.17. The second kappa shape index (κ2) is 10.8. The summed E-state index contributed by atoms with van der Waals surface area (Å²) >= 11 is 12.9. The van der Waals surface area contributed by atoms with Crippen LogP contribution >= 0.6 is 23.2 Å². The van der Waals surface area contributed by atoms with Crippen molar-refractivity contribution in [3.05, 3.63) is 92.7 Å². The Labute approximate surface area is 259 Å². The summed E-state index contributed by atoms with van der Waals surface area (Å²) in [5.41, 5.74) is 0.0660. The van der Waals surface area contributed by atoms with E-state index in [1.54, 1.807) is 56.3 Å². The molecular formula is C33H32Cl2FN3O4. The Morgan fingerprint density at radius 1 is 1.02 bits per heavy atom. The molecule has 7 nitrogen and oxygen atoms in total. The number of hydrogen-bond acceptors (Lipinski definition) is 4. The highest BCUT2D eigenvalue weighted by Crippen LogP contribution is 2.59. The van der Waals surface area contributed by atoms with E-state index in [0.717, 1.165) is 19.3 Å². The van der Waals surface area contributed by atoms with Crippen LogP contribution in [-0.2, 0) is 19.8 Å². The highest BCUT2D eigenvalue weighted by atomic mass is 35.5. The molecule has 3 aromatic carbocycles. The molecule has 0 aromatic heterocycles. The Kier molecular flexibility index (Phi) is 7.42. The van der Waals surface area contributed by atoms with Gasteiger partial charge in [-0.25, -0.2) is 4.39 Å². The number of piperidine rings is 1. The summed E-state index contributed by atoms with van der Waals surface area (Å²) in [4.78, 5) is 41.1. The first-order valence-corrected chi connectivity index (χ1v) is 15.1. The standard InChI is InChI=1S/C33H32Cl2FN3O4/c1-17-7-10-20(36)15-22(17)29-33(24-11-8-19(35)14-26(24)38-31(33)42)25(16-28(40)39-29)23-13-18(34)9-12-27(23)43-32(2,3)30(41)37-21-5-4-6-21/h7-15,21,25,29H,4-6,16H2,1-3H3,(H,37,41)(H,38,42)(H,39,40)/t25-,29+,33?/m1/s1. The van der Waals surface area contributed by atoms with Crippen LogP contribution in [0.15, 0.2) is 54.6 Å². The molecule has 3 amide bonds. The smallest absolute Gasteiger partial charge is 0.263 e. The van der Waals surface area contributed by atoms with Crippen LogP contribution in [0.4, 0.5) is 10.1 Å². The molecule has 10 heteroatoms. The quantitative estimate of drug-likeness (QED) is 0.292. The van der Waals surface area contributed by atoms with Crippen LogP contribution in [-0.4, -0.2) is 29.4 Å². The summed E-state index contributed by atoms with van der Waals surface area (Å²) in [7, 11) is 0. The molecule has 224 valence electrons. The van der Waals surface area contributed by atoms with Crippen molar-refractivity contribution in [3.63, 3.8) is 0 Å². The summed E-state index contributed by atoms with van der Waals surface area (Å²) in [6.07, 6.45) is 2.83. The number of carbonyl (C=O) groups is 3. The lowest BCUT2D eigenvalue weighted by Crippen LogP contribution is -2.57. The van der Waals surface area contributed by atoms with Crippen LogP contribution in [0.2, 0.25) is 10.0 Å². The van der Waals surface area contributed by atoms with Crippen LogP contribution < -0.4 is 20.7 Å². The summed E-state index contributed by atoms with van der Waals surface area (Å²) in [6, 6.07) is 13.6. The van der Waals surface area contributed by atoms with Crippen molar-refractivity contribution < 1.29 is 23.5 Å². The largest absolute Gasteiger partial charge is 0.478 e. The fourth-order valence-corrected chi connectivity index (χ4v) is 6.91. The molecule has 2 fully saturated rings. The minimum absolute atomic E-state index is 0.0915. The van der Waals surface area contributed by atoms with Gasteiger partial charge in [0.25, 0.3) is 5.91 Å². The fourth-order valence-electron chi connectivity index (χ4n) is 6.56. The van der Waals surface area contributed by atoms with Crippen molar-refractivity contribution in [1.29, 1.82) is 0 Å². The van der Waals surface area contributed by atoms with Gasteiger partial charge in [-0.05, 0) is 99.2 Å². The van der Waals surface area contributed by atoms with Gasteiger partial charge in [0.05, 0.1) is 6.04 Å². The Balaban J connectivity index is 1.54. The molecule has 1 spiro atoms. The number of benzene rings is 3. The third-order valence-corrected chi connectivity index (χ3v) is 9.47. The number of ether oxygens (including phenoxy) is 1. The van der Waals surface area contributed by atoms with Crippen molar-refractivity contribution in [2.75, 3.05) is 5.32 Å². The van der Waals surface area contributed by atoms with E-state index in [0.29, 0.717) is 43.7 Å². The van der Waals surface area contributed by atoms with Gasteiger partial charge < -0.3 is 20.7 Å². The molecule has 1 aliphatic carbocycles. The van der Waals surface area contributed by atoms with Crippen molar-refractivity contribution in [2.45, 2.75) is 75.5 Å². The molecule has 1 saturated carbocycles. The molecule has 3 aliphatic rings. The number of rotatable bonds is 6. The maximum Gasteiger partial charge on any atom is 0.263 e. The lowest BCUT2D eigenvalue weighted by atomic mass is 9.59. The molecule has 1 saturated heterocycles. The van der Waals surface area contributed by atoms with Crippen LogP contribution in [0.3, 0.4) is 0 Å². The Bertz CT molecular complexity index is 1660. The minimum atomic E-state index is -1.44. The molecule has 2 heterocycles. The third-order valence-electron chi connectivity index (χ3n) is 9.00. The van der Waals surface area contributed by atoms with Crippen molar-refractivity contribution in [2.24, 2.45) is 0 Å². The van der Waals surface area contributed by atoms with E-state index in [9.17, 15) is 18.8 Å². The van der Waals surface area contributed by atoms with Gasteiger partial charge in [0.2, 0.25) is 11.8 Å². The van der Waals surface area contributed by atoms with Crippen molar-refractivity contribution >= 4 is 46.6 Å². The van der Waals surface area contributed by atoms with Gasteiger partial charge in [0, 0.05) is 39.7 Å². The maximum atomic E-state index is 14.7. The number of amides is 3. The van der Waals surface area contributed by atoms with Crippen LogP contribution in [0.25, 0.3) is 0 Å². The molecular weight excluding hydrogens is 592 g/mol. The maximum absolute atomic E-state index is 14.7. The monoisotopic (exact) mass is 623 g/mol. The first-order valence-electron chi connectivity index (χ1n) is 14.4. The third kappa shape index (κ3) is 5.04. The molecule has 0 radical (unpaired) electrons. The number of hydrogen-bond donors (Lipinski definition) is 3. The zero-order valence-electron chi connectivity index (χ0n) is 24.0. The molecule has 6 rings (SSSR count). The van der Waals surface area contributed by atoms with E-state index in [4.69, 9.17) is 27.9 Å². The first-order chi connectivity index (χ1) is 20.4. The lowest BCUT2D eigenvalue weighted by Gasteiger charge is -2.47. The highest BCUT2D eigenvalue weighted by molar-refractivity contribution is 6.31. The number of anilines is 1. The topological polar surface area (TPSA) is 96.5 Å². The predicted octanol–water partition coefficient (Wildman–Crippen LogP) is 6.50. The van der Waals surface area contributed by atoms with E-state index in [-0.39, 0.29) is 30.2 Å². The van der Waals surface area contributed by atoms with Gasteiger partial charge >= 0.3 is 0 Å². The van der Waals surface area contributed by atoms with E-state index in [2.05, 4.69) is 16.0 Å². The van der Waals surface area contributed by atoms with Gasteiger partial charge in [0.15, 0.2) is 5.60 Å². The predicted molar refractivity (Wildman–Crippen MR) is 163 cm³/mol. The van der Waals surface area contributed by atoms with Crippen molar-refractivity contribution in [1.82, 2.24) is 10.6 Å². The van der Waals surface area contributed by atoms with Gasteiger partial charge in [0.1, 0.15) is 17.0 Å². The van der Waals surface area contributed by atoms with E-state index in [1.165, 1.54) is 12.1 Å². The second-order valence-corrected chi connectivity index (χ2v) is 13.0. The minimum Gasteiger partial charge on any atom is -0.478 e. The average Bonchev–Trinajstić information content (AvgIpc) is 3.20. The summed E-state index contributed by atoms with van der Waals surface area (Å²) in [5, 5.41) is 9.83. The zero-order chi connectivity index (χ0) is 30.7. The average molecular weight is 625 g/mol. The molecule has 1 unspecified atom stereocenters. The lowest BCUT2D eigenvalue weighted by molar-refractivity contribution is -0.136. The Morgan fingerprint density at radius 2 is 1.74 bits per heavy atom. The Hall–Kier alpha value is -3.62. The Morgan fingerprint density at radius 3 is 2.47 bits per heavy atom. The van der Waals surface area contributed by atoms with Gasteiger partial charge in [-0.2, -0.15) is 0 Å². The SMILES string of the molecule is Cc1ccc(F)cc1[C@@H]1NC(=O)C[C@H](c2cc(Cl)ccc2OC(C)(C)C(=O)NC2CCC2)C12C(=O)Nc1cc(Cl)ccc12. The van der Waals surface area contributed by atoms with Gasteiger partial charge in [-0.1, -0.05) is 35.3 Å². The second-order valence-electron chi connectivity index (χ2n) is 12.2. The highest BCUT2D eigenvalue weighted by Gasteiger charge is 2.62. The number of carbonyl (C=O) groups excluding carboxylic acids is 3. The fraction of sp³-hybridized carbons (Fsp3) is 0.364. The van der Waals surface area contributed by atoms with E-state index in [1.807, 2.05) is 6.92 Å². The van der Waals surface area contributed by atoms with Crippen LogP contribution in [0, 0.1) is 12.7 Å². The molecule has 2 aliphatic heterocycles. The molecule has 3 atom stereocenters. The normalized spacial score (nSPS) is 23.3. The number of fused-ring (bicyclic) bond motifs is 2. The van der Waals surface area contributed by atoms with E-state index >= 15 is 0 Å². The van der Waals surface area contributed by atoms with E-state index < -0.39 is 28.8 Å². The number of nitrogens with one attached hydrogen (secondary N) is 3. The number of halogens is 3. The van der Waals surface area contributed by atoms with Crippen molar-refractivity contribution in [3.8, 4) is 5.75 Å². The first kappa shape index (κ1) is 29.5. The molecule has 3 N–H and O–H groups in total. The van der Waals surface area contributed by atoms with Crippen LogP contribution in [0.5, 0.6) is 5.75 Å². The van der Waals surface area contributed by atoms with Crippen LogP contribution in [0.1, 0.15) is 73.7 Å². The zero-order valence-corrected chi connectivity index (χ0v) is 25.5. The summed E-state index contributed by atoms with van der Waals surface area (Å²) < 4.78 is 21.2. The molecule has 43 heavy (non-hydrogen) atoms. The summed E-state index contributed by atoms with van der Waals surface area (Å²) in [5.74, 6) is -1.95. The molecule has 0 bridgehead atoms. The van der Waals surface area contributed by atoms with Gasteiger partial charge in [-0.15, -0.1) is 0 Å². The molecule has 3 aromatic rings. The number of aryl methyl sites for hydroxylation is 1.